The summed E-state index contributed by atoms with van der Waals surface area (Å²) >= 11 is 12.2. The summed E-state index contributed by atoms with van der Waals surface area (Å²) in [4.78, 5) is 73.6. The number of carbonyl (C=O) groups excluding carboxylic acids is 4. The molecule has 4 saturated heterocycles. The molecule has 0 atom stereocenters. The van der Waals surface area contributed by atoms with Gasteiger partial charge in [0.2, 0.25) is 0 Å². The quantitative estimate of drug-likeness (QED) is 0.176. The zero-order chi connectivity index (χ0) is 52.6. The second kappa shape index (κ2) is 21.8. The summed E-state index contributed by atoms with van der Waals surface area (Å²) in [6.07, 6.45) is 3.16. The van der Waals surface area contributed by atoms with E-state index in [0.29, 0.717) is 77.3 Å². The van der Waals surface area contributed by atoms with Crippen molar-refractivity contribution >= 4 is 88.3 Å². The van der Waals surface area contributed by atoms with Crippen LogP contribution in [0.1, 0.15) is 69.4 Å². The van der Waals surface area contributed by atoms with Crippen LogP contribution in [-0.4, -0.2) is 203 Å². The molecule has 0 N–H and O–H groups in total. The summed E-state index contributed by atoms with van der Waals surface area (Å²) in [5, 5.41) is 2.11. The van der Waals surface area contributed by atoms with E-state index in [4.69, 9.17) is 23.2 Å². The summed E-state index contributed by atoms with van der Waals surface area (Å²) in [5.41, 5.74) is 4.71. The molecule has 4 fully saturated rings. The first kappa shape index (κ1) is 52.9. The second-order valence-corrected chi connectivity index (χ2v) is 25.1. The molecule has 4 amide bonds. The van der Waals surface area contributed by atoms with E-state index in [1.807, 2.05) is 34.1 Å². The Morgan fingerprint density at radius 1 is 0.459 bits per heavy atom. The normalized spacial score (nSPS) is 18.5. The van der Waals surface area contributed by atoms with Crippen molar-refractivity contribution in [2.75, 3.05) is 102 Å². The van der Waals surface area contributed by atoms with Gasteiger partial charge in [0.25, 0.3) is 23.6 Å². The van der Waals surface area contributed by atoms with Crippen LogP contribution in [0.3, 0.4) is 0 Å². The molecular formula is C52H60Cl2N10O8S2. The molecule has 74 heavy (non-hydrogen) atoms. The smallest absolute Gasteiger partial charge is 0.270 e. The molecule has 4 aromatic heterocycles. The number of piperazine rings is 2. The van der Waals surface area contributed by atoms with E-state index in [0.717, 1.165) is 48.0 Å². The number of pyridine rings is 2. The van der Waals surface area contributed by atoms with Crippen LogP contribution >= 0.6 is 23.2 Å². The minimum atomic E-state index is -3.13. The number of nitrogens with zero attached hydrogens (tertiary/aromatic N) is 10. The molecule has 4 aliphatic rings. The van der Waals surface area contributed by atoms with Crippen molar-refractivity contribution < 1.29 is 36.0 Å². The number of rotatable bonds is 8. The van der Waals surface area contributed by atoms with Crippen LogP contribution < -0.4 is 0 Å². The SMILES string of the molecule is CC(C)N1CCN(C(=O)c2ccc3c(c2)cc(C(=O)N2CCS(=O)(=O)CC2)n3-c2ccc(Cl)nc2)CC1.CC(C)N1CCN(C(=O)c2ccc3c(c2)cc(C(=O)N2CCS(=O)(=O)CC2)n3-c2ccnc(Cl)c2)CC1. The van der Waals surface area contributed by atoms with Gasteiger partial charge in [-0.1, -0.05) is 23.2 Å². The third-order valence-corrected chi connectivity index (χ3v) is 18.0. The third-order valence-electron chi connectivity index (χ3n) is 14.4. The number of amides is 4. The van der Waals surface area contributed by atoms with Crippen molar-refractivity contribution in [3.63, 3.8) is 0 Å². The summed E-state index contributed by atoms with van der Waals surface area (Å²) < 4.78 is 51.2. The van der Waals surface area contributed by atoms with Gasteiger partial charge in [-0.3, -0.25) is 29.0 Å². The highest BCUT2D eigenvalue weighted by molar-refractivity contribution is 7.91. The molecule has 0 radical (unpaired) electrons. The van der Waals surface area contributed by atoms with E-state index in [2.05, 4.69) is 47.5 Å². The molecule has 18 nitrogen and oxygen atoms in total. The minimum Gasteiger partial charge on any atom is -0.336 e. The van der Waals surface area contributed by atoms with Gasteiger partial charge in [0.05, 0.1) is 51.6 Å². The molecule has 10 rings (SSSR count). The van der Waals surface area contributed by atoms with Crippen molar-refractivity contribution in [1.82, 2.24) is 48.5 Å². The van der Waals surface area contributed by atoms with Crippen LogP contribution in [0, 0.1) is 0 Å². The van der Waals surface area contributed by atoms with Crippen LogP contribution in [0.15, 0.2) is 85.2 Å². The lowest BCUT2D eigenvalue weighted by molar-refractivity contribution is 0.0590. The number of benzene rings is 2. The molecule has 8 heterocycles. The van der Waals surface area contributed by atoms with E-state index in [-0.39, 0.29) is 78.0 Å². The maximum Gasteiger partial charge on any atom is 0.270 e. The Morgan fingerprint density at radius 2 is 0.878 bits per heavy atom. The van der Waals surface area contributed by atoms with Crippen LogP contribution in [0.2, 0.25) is 10.3 Å². The monoisotopic (exact) mass is 1090 g/mol. The molecule has 4 aliphatic heterocycles. The van der Waals surface area contributed by atoms with Gasteiger partial charge in [0.15, 0.2) is 19.7 Å². The summed E-state index contributed by atoms with van der Waals surface area (Å²) in [5.74, 6) is -0.796. The van der Waals surface area contributed by atoms with Gasteiger partial charge in [0, 0.05) is 119 Å². The second-order valence-electron chi connectivity index (χ2n) is 19.7. The van der Waals surface area contributed by atoms with Crippen molar-refractivity contribution in [1.29, 1.82) is 0 Å². The molecule has 6 aromatic rings. The van der Waals surface area contributed by atoms with E-state index in [1.165, 1.54) is 0 Å². The molecule has 0 spiro atoms. The largest absolute Gasteiger partial charge is 0.336 e. The van der Waals surface area contributed by atoms with Crippen LogP contribution in [-0.2, 0) is 19.7 Å². The van der Waals surface area contributed by atoms with Gasteiger partial charge in [0.1, 0.15) is 21.7 Å². The van der Waals surface area contributed by atoms with E-state index in [1.54, 1.807) is 79.9 Å². The van der Waals surface area contributed by atoms with E-state index in [9.17, 15) is 36.0 Å². The Bertz CT molecular complexity index is 3320. The Kier molecular flexibility index (Phi) is 15.6. The average Bonchev–Trinajstić information content (AvgIpc) is 3.97. The fraction of sp³-hybridized carbons (Fsp3) is 0.423. The van der Waals surface area contributed by atoms with E-state index >= 15 is 0 Å². The number of hydrogen-bond acceptors (Lipinski definition) is 12. The zero-order valence-corrected chi connectivity index (χ0v) is 45.0. The fourth-order valence-electron chi connectivity index (χ4n) is 10.0. The predicted octanol–water partition coefficient (Wildman–Crippen LogP) is 5.43. The van der Waals surface area contributed by atoms with Crippen molar-refractivity contribution in [2.45, 2.75) is 39.8 Å². The molecule has 2 aromatic carbocycles. The number of hydrogen-bond donors (Lipinski definition) is 0. The Labute approximate surface area is 441 Å². The fourth-order valence-corrected chi connectivity index (χ4v) is 12.7. The lowest BCUT2D eigenvalue weighted by Crippen LogP contribution is -2.50. The zero-order valence-electron chi connectivity index (χ0n) is 41.9. The molecular weight excluding hydrogens is 1030 g/mol. The highest BCUT2D eigenvalue weighted by Gasteiger charge is 2.32. The molecule has 0 bridgehead atoms. The Hall–Kier alpha value is -5.90. The van der Waals surface area contributed by atoms with Gasteiger partial charge < -0.3 is 28.7 Å². The molecule has 22 heteroatoms. The molecule has 0 saturated carbocycles. The van der Waals surface area contributed by atoms with Crippen molar-refractivity contribution in [2.24, 2.45) is 0 Å². The highest BCUT2D eigenvalue weighted by atomic mass is 35.5. The molecule has 0 unspecified atom stereocenters. The maximum atomic E-state index is 13.6. The van der Waals surface area contributed by atoms with Crippen molar-refractivity contribution in [3.8, 4) is 11.4 Å². The standard InChI is InChI=1S/2C26H30ClN5O4S/c1-18(2)29-7-9-30(10-8-29)25(33)19-3-5-22-20(15-19)16-23(32(22)21-4-6-24(27)28-17-21)26(34)31-11-13-37(35,36)14-12-31;1-18(2)29-7-9-30(10-8-29)25(33)19-3-4-22-20(15-19)16-23(32(22)21-5-6-28-24(27)17-21)26(34)31-11-13-37(35,36)14-12-31/h2*3-6,15-18H,7-14H2,1-2H3. The number of carbonyl (C=O) groups is 4. The maximum absolute atomic E-state index is 13.6. The van der Waals surface area contributed by atoms with Crippen molar-refractivity contribution in [3.05, 3.63) is 118 Å². The first-order valence-electron chi connectivity index (χ1n) is 24.9. The number of halogens is 2. The van der Waals surface area contributed by atoms with Crippen LogP contribution in [0.25, 0.3) is 33.2 Å². The topological polar surface area (TPSA) is 192 Å². The minimum absolute atomic E-state index is 0.0275. The Morgan fingerprint density at radius 3 is 1.27 bits per heavy atom. The lowest BCUT2D eigenvalue weighted by atomic mass is 10.1. The van der Waals surface area contributed by atoms with Crippen LogP contribution in [0.5, 0.6) is 0 Å². The van der Waals surface area contributed by atoms with Gasteiger partial charge in [-0.15, -0.1) is 0 Å². The van der Waals surface area contributed by atoms with Gasteiger partial charge in [-0.2, -0.15) is 0 Å². The number of aromatic nitrogens is 4. The van der Waals surface area contributed by atoms with Crippen LogP contribution in [0.4, 0.5) is 0 Å². The van der Waals surface area contributed by atoms with Gasteiger partial charge in [-0.05, 0) is 100 Å². The molecule has 392 valence electrons. The number of fused-ring (bicyclic) bond motifs is 2. The average molecular weight is 1090 g/mol. The lowest BCUT2D eigenvalue weighted by Gasteiger charge is -2.37. The third kappa shape index (κ3) is 11.5. The summed E-state index contributed by atoms with van der Waals surface area (Å²) in [6, 6.07) is 22.2. The Balaban J connectivity index is 0.000000182. The predicted molar refractivity (Wildman–Crippen MR) is 286 cm³/mol. The summed E-state index contributed by atoms with van der Waals surface area (Å²) in [7, 11) is -6.26. The number of sulfone groups is 2. The van der Waals surface area contributed by atoms with E-state index < -0.39 is 19.7 Å². The van der Waals surface area contributed by atoms with Gasteiger partial charge >= 0.3 is 0 Å². The van der Waals surface area contributed by atoms with Gasteiger partial charge in [-0.25, -0.2) is 26.8 Å². The summed E-state index contributed by atoms with van der Waals surface area (Å²) in [6.45, 7) is 15.3. The molecule has 0 aliphatic carbocycles. The first-order chi connectivity index (χ1) is 35.3. The first-order valence-corrected chi connectivity index (χ1v) is 29.3. The highest BCUT2D eigenvalue weighted by Crippen LogP contribution is 2.30.